The molecule has 1 amide bonds. The third-order valence-electron chi connectivity index (χ3n) is 4.46. The quantitative estimate of drug-likeness (QED) is 0.838. The molecule has 126 valence electrons. The summed E-state index contributed by atoms with van der Waals surface area (Å²) >= 11 is 0. The second-order valence-electron chi connectivity index (χ2n) is 6.18. The van der Waals surface area contributed by atoms with E-state index in [1.807, 2.05) is 0 Å². The summed E-state index contributed by atoms with van der Waals surface area (Å²) in [6.07, 6.45) is 7.16. The van der Waals surface area contributed by atoms with Gasteiger partial charge in [0.2, 0.25) is 5.76 Å². The van der Waals surface area contributed by atoms with Crippen LogP contribution in [0, 0.1) is 0 Å². The Hall–Kier alpha value is -2.48. The number of amides is 1. The van der Waals surface area contributed by atoms with Crippen LogP contribution in [0.3, 0.4) is 0 Å². The number of carbonyl (C=O) groups excluding carboxylic acids is 1. The van der Waals surface area contributed by atoms with Gasteiger partial charge in [0.25, 0.3) is 5.91 Å². The summed E-state index contributed by atoms with van der Waals surface area (Å²) < 4.78 is 16.8. The summed E-state index contributed by atoms with van der Waals surface area (Å²) in [5, 5.41) is 3.60. The molecule has 2 unspecified atom stereocenters. The minimum absolute atomic E-state index is 0.104. The lowest BCUT2D eigenvalue weighted by Gasteiger charge is -2.39. The molecule has 2 aliphatic heterocycles. The molecule has 2 aromatic heterocycles. The van der Waals surface area contributed by atoms with Crippen molar-refractivity contribution in [1.82, 2.24) is 20.0 Å². The van der Waals surface area contributed by atoms with Crippen molar-refractivity contribution in [2.24, 2.45) is 0 Å². The molecular formula is C16H18N4O4. The second kappa shape index (κ2) is 6.20. The van der Waals surface area contributed by atoms with Crippen LogP contribution in [0.1, 0.15) is 29.8 Å². The third-order valence-corrected chi connectivity index (χ3v) is 4.46. The van der Waals surface area contributed by atoms with E-state index >= 15 is 0 Å². The van der Waals surface area contributed by atoms with Crippen LogP contribution in [-0.2, 0) is 4.74 Å². The Morgan fingerprint density at radius 1 is 1.33 bits per heavy atom. The first-order valence-electron chi connectivity index (χ1n) is 8.02. The first-order valence-corrected chi connectivity index (χ1v) is 8.02. The van der Waals surface area contributed by atoms with Crippen molar-refractivity contribution in [2.75, 3.05) is 19.7 Å². The lowest BCUT2D eigenvalue weighted by Crippen LogP contribution is -2.50. The van der Waals surface area contributed by atoms with Crippen molar-refractivity contribution < 1.29 is 18.8 Å². The highest BCUT2D eigenvalue weighted by atomic mass is 16.6. The number of rotatable bonds is 3. The van der Waals surface area contributed by atoms with Crippen LogP contribution in [0.25, 0.3) is 0 Å². The van der Waals surface area contributed by atoms with E-state index in [9.17, 15) is 4.79 Å². The van der Waals surface area contributed by atoms with Crippen molar-refractivity contribution in [3.63, 3.8) is 0 Å². The van der Waals surface area contributed by atoms with Crippen LogP contribution < -0.4 is 4.74 Å². The van der Waals surface area contributed by atoms with Gasteiger partial charge in [-0.25, -0.2) is 9.97 Å². The molecule has 24 heavy (non-hydrogen) atoms. The average Bonchev–Trinajstić information content (AvgIpc) is 3.26. The number of likely N-dealkylation sites (tertiary alicyclic amines) is 1. The fraction of sp³-hybridized carbons (Fsp3) is 0.500. The van der Waals surface area contributed by atoms with Gasteiger partial charge in [0.1, 0.15) is 6.10 Å². The number of hydrogen-bond acceptors (Lipinski definition) is 7. The largest absolute Gasteiger partial charge is 0.458 e. The Bertz CT molecular complexity index is 693. The first-order chi connectivity index (χ1) is 11.7. The molecule has 0 aliphatic carbocycles. The fourth-order valence-corrected chi connectivity index (χ4v) is 3.41. The molecule has 0 N–H and O–H groups in total. The van der Waals surface area contributed by atoms with Crippen molar-refractivity contribution in [2.45, 2.75) is 31.0 Å². The Kier molecular flexibility index (Phi) is 3.89. The Labute approximate surface area is 138 Å². The molecule has 2 aromatic rings. The molecule has 8 heteroatoms. The van der Waals surface area contributed by atoms with E-state index in [2.05, 4.69) is 15.1 Å². The van der Waals surface area contributed by atoms with Crippen LogP contribution in [0.4, 0.5) is 0 Å². The van der Waals surface area contributed by atoms with Gasteiger partial charge < -0.3 is 18.9 Å². The van der Waals surface area contributed by atoms with E-state index in [1.54, 1.807) is 29.4 Å². The van der Waals surface area contributed by atoms with Gasteiger partial charge in [-0.05, 0) is 18.9 Å². The van der Waals surface area contributed by atoms with Gasteiger partial charge >= 0.3 is 6.01 Å². The number of hydrogen-bond donors (Lipinski definition) is 0. The molecule has 0 bridgehead atoms. The Balaban J connectivity index is 1.41. The number of nitrogens with zero attached hydrogens (tertiary/aromatic N) is 4. The molecule has 1 spiro atoms. The second-order valence-corrected chi connectivity index (χ2v) is 6.18. The monoisotopic (exact) mass is 330 g/mol. The molecular weight excluding hydrogens is 312 g/mol. The maximum absolute atomic E-state index is 12.5. The molecule has 0 saturated carbocycles. The van der Waals surface area contributed by atoms with Crippen LogP contribution in [0.15, 0.2) is 35.2 Å². The summed E-state index contributed by atoms with van der Waals surface area (Å²) in [6, 6.07) is 3.68. The van der Waals surface area contributed by atoms with E-state index in [1.165, 1.54) is 6.20 Å². The van der Waals surface area contributed by atoms with Crippen molar-refractivity contribution >= 4 is 5.91 Å². The molecule has 2 aliphatic rings. The molecule has 8 nitrogen and oxygen atoms in total. The van der Waals surface area contributed by atoms with Crippen LogP contribution in [0.2, 0.25) is 0 Å². The lowest BCUT2D eigenvalue weighted by molar-refractivity contribution is -0.0460. The zero-order valence-corrected chi connectivity index (χ0v) is 13.1. The maximum Gasteiger partial charge on any atom is 0.316 e. The highest BCUT2D eigenvalue weighted by Gasteiger charge is 2.46. The minimum atomic E-state index is -0.368. The van der Waals surface area contributed by atoms with Gasteiger partial charge in [0.15, 0.2) is 0 Å². The summed E-state index contributed by atoms with van der Waals surface area (Å²) in [5.74, 6) is 0.112. The van der Waals surface area contributed by atoms with Crippen molar-refractivity contribution in [3.8, 4) is 6.01 Å². The average molecular weight is 330 g/mol. The molecule has 4 heterocycles. The van der Waals surface area contributed by atoms with Crippen LogP contribution in [-0.4, -0.2) is 57.3 Å². The van der Waals surface area contributed by atoms with Gasteiger partial charge in [-0.2, -0.15) is 0 Å². The number of piperidine rings is 1. The predicted octanol–water partition coefficient (Wildman–Crippen LogP) is 1.31. The molecule has 2 atom stereocenters. The summed E-state index contributed by atoms with van der Waals surface area (Å²) in [6.45, 7) is 1.70. The Morgan fingerprint density at radius 2 is 2.21 bits per heavy atom. The van der Waals surface area contributed by atoms with Gasteiger partial charge in [-0.1, -0.05) is 5.16 Å². The highest BCUT2D eigenvalue weighted by molar-refractivity contribution is 5.91. The fourth-order valence-electron chi connectivity index (χ4n) is 3.41. The highest BCUT2D eigenvalue weighted by Crippen LogP contribution is 2.36. The zero-order valence-electron chi connectivity index (χ0n) is 13.1. The smallest absolute Gasteiger partial charge is 0.316 e. The molecule has 2 saturated heterocycles. The molecule has 2 fully saturated rings. The van der Waals surface area contributed by atoms with E-state index < -0.39 is 0 Å². The van der Waals surface area contributed by atoms with Gasteiger partial charge in [-0.3, -0.25) is 4.79 Å². The summed E-state index contributed by atoms with van der Waals surface area (Å²) in [7, 11) is 0. The first kappa shape index (κ1) is 15.1. The standard InChI is InChI=1S/C16H18N4O4/c21-14(13-3-7-19-24-13)20-8-1-4-16(11-20)9-12(10-22-16)23-15-17-5-2-6-18-15/h2-3,5-7,12H,1,4,8-11H2. The normalized spacial score (nSPS) is 26.7. The zero-order chi connectivity index (χ0) is 16.4. The molecule has 0 aromatic carbocycles. The SMILES string of the molecule is O=C(c1ccno1)N1CCCC2(CC(Oc3ncccn3)CO2)C1. The van der Waals surface area contributed by atoms with E-state index in [-0.39, 0.29) is 23.4 Å². The Morgan fingerprint density at radius 3 is 3.00 bits per heavy atom. The number of ether oxygens (including phenoxy) is 2. The van der Waals surface area contributed by atoms with Gasteiger partial charge in [0.05, 0.1) is 24.9 Å². The maximum atomic E-state index is 12.5. The number of carbonyl (C=O) groups is 1. The number of aromatic nitrogens is 3. The van der Waals surface area contributed by atoms with Crippen LogP contribution in [0.5, 0.6) is 6.01 Å². The predicted molar refractivity (Wildman–Crippen MR) is 81.4 cm³/mol. The summed E-state index contributed by atoms with van der Waals surface area (Å²) in [4.78, 5) is 22.4. The van der Waals surface area contributed by atoms with Crippen molar-refractivity contribution in [1.29, 1.82) is 0 Å². The minimum Gasteiger partial charge on any atom is -0.458 e. The van der Waals surface area contributed by atoms with Crippen LogP contribution >= 0.6 is 0 Å². The van der Waals surface area contributed by atoms with E-state index in [0.29, 0.717) is 32.1 Å². The lowest BCUT2D eigenvalue weighted by atomic mass is 9.89. The summed E-state index contributed by atoms with van der Waals surface area (Å²) in [5.41, 5.74) is -0.368. The van der Waals surface area contributed by atoms with E-state index in [0.717, 1.165) is 12.8 Å². The van der Waals surface area contributed by atoms with Gasteiger partial charge in [0, 0.05) is 31.4 Å². The molecule has 0 radical (unpaired) electrons. The van der Waals surface area contributed by atoms with E-state index in [4.69, 9.17) is 14.0 Å². The van der Waals surface area contributed by atoms with Crippen molar-refractivity contribution in [3.05, 3.63) is 36.5 Å². The third kappa shape index (κ3) is 2.96. The topological polar surface area (TPSA) is 90.6 Å². The van der Waals surface area contributed by atoms with Gasteiger partial charge in [-0.15, -0.1) is 0 Å². The molecule has 4 rings (SSSR count).